The summed E-state index contributed by atoms with van der Waals surface area (Å²) in [6.45, 7) is 4.25. The molecule has 1 aliphatic rings. The van der Waals surface area contributed by atoms with Gasteiger partial charge in [-0.05, 0) is 23.8 Å². The van der Waals surface area contributed by atoms with Crippen molar-refractivity contribution >= 4 is 34.4 Å². The van der Waals surface area contributed by atoms with Crippen molar-refractivity contribution in [3.8, 4) is 0 Å². The molecule has 0 aliphatic carbocycles. The molecule has 0 bridgehead atoms. The van der Waals surface area contributed by atoms with Gasteiger partial charge < -0.3 is 10.1 Å². The largest absolute Gasteiger partial charge is 0.449 e. The molecule has 100 valence electrons. The van der Waals surface area contributed by atoms with Crippen LogP contribution in [0.25, 0.3) is 0 Å². The molecular weight excluding hydrogens is 324 g/mol. The summed E-state index contributed by atoms with van der Waals surface area (Å²) in [5, 5.41) is 2.73. The zero-order chi connectivity index (χ0) is 12.6. The van der Waals surface area contributed by atoms with Gasteiger partial charge in [-0.1, -0.05) is 29.8 Å². The van der Waals surface area contributed by atoms with Crippen molar-refractivity contribution < 1.29 is 13.9 Å². The molecule has 0 spiro atoms. The van der Waals surface area contributed by atoms with Gasteiger partial charge in [0, 0.05) is 9.89 Å². The Morgan fingerprint density at radius 1 is 1.50 bits per heavy atom. The van der Waals surface area contributed by atoms with Crippen LogP contribution in [-0.2, 0) is 4.74 Å². The van der Waals surface area contributed by atoms with Crippen molar-refractivity contribution in [2.45, 2.75) is 19.9 Å². The second-order valence-corrected chi connectivity index (χ2v) is 5.66. The zero-order valence-electron chi connectivity index (χ0n) is 10.00. The van der Waals surface area contributed by atoms with Crippen molar-refractivity contribution in [2.75, 3.05) is 6.61 Å². The van der Waals surface area contributed by atoms with Crippen LogP contribution in [0.2, 0.25) is 0 Å². The number of nitrogens with one attached hydrogen (secondary N) is 1. The van der Waals surface area contributed by atoms with Crippen LogP contribution in [0, 0.1) is 11.2 Å². The van der Waals surface area contributed by atoms with Gasteiger partial charge in [-0.15, -0.1) is 12.4 Å². The minimum Gasteiger partial charge on any atom is -0.449 e. The van der Waals surface area contributed by atoms with E-state index in [9.17, 15) is 9.18 Å². The summed E-state index contributed by atoms with van der Waals surface area (Å²) in [4.78, 5) is 11.3. The molecule has 1 aliphatic heterocycles. The standard InChI is InChI=1S/C12H13BrFNO2.ClH/c1-12(2)6-17-11(16)15-10(12)8-5-7(14)3-4-9(8)13;/h3-5,10H,6H2,1-2H3,(H,15,16);1H/t10-;/m0./s1. The van der Waals surface area contributed by atoms with E-state index in [0.29, 0.717) is 6.61 Å². The number of rotatable bonds is 1. The minimum absolute atomic E-state index is 0. The Hall–Kier alpha value is -0.810. The summed E-state index contributed by atoms with van der Waals surface area (Å²) in [6.07, 6.45) is -0.467. The summed E-state index contributed by atoms with van der Waals surface area (Å²) < 4.78 is 19.0. The number of hydrogen-bond acceptors (Lipinski definition) is 2. The first-order valence-corrected chi connectivity index (χ1v) is 6.08. The Morgan fingerprint density at radius 2 is 2.17 bits per heavy atom. The smallest absolute Gasteiger partial charge is 0.407 e. The molecule has 1 aromatic rings. The fraction of sp³-hybridized carbons (Fsp3) is 0.417. The molecule has 0 unspecified atom stereocenters. The first kappa shape index (κ1) is 15.2. The molecule has 2 rings (SSSR count). The van der Waals surface area contributed by atoms with E-state index in [1.807, 2.05) is 13.8 Å². The normalized spacial score (nSPS) is 21.6. The van der Waals surface area contributed by atoms with Crippen LogP contribution in [0.15, 0.2) is 22.7 Å². The maximum absolute atomic E-state index is 13.3. The lowest BCUT2D eigenvalue weighted by Gasteiger charge is -2.38. The fourth-order valence-electron chi connectivity index (χ4n) is 1.92. The van der Waals surface area contributed by atoms with Gasteiger partial charge in [0.1, 0.15) is 12.4 Å². The third-order valence-electron chi connectivity index (χ3n) is 2.89. The highest BCUT2D eigenvalue weighted by Crippen LogP contribution is 2.39. The van der Waals surface area contributed by atoms with Gasteiger partial charge in [0.05, 0.1) is 6.04 Å². The molecule has 1 heterocycles. The van der Waals surface area contributed by atoms with Gasteiger partial charge >= 0.3 is 6.09 Å². The van der Waals surface area contributed by atoms with Crippen molar-refractivity contribution in [3.63, 3.8) is 0 Å². The summed E-state index contributed by atoms with van der Waals surface area (Å²) in [5.74, 6) is -0.320. The lowest BCUT2D eigenvalue weighted by molar-refractivity contribution is 0.0384. The Bertz CT molecular complexity index is 467. The van der Waals surface area contributed by atoms with Crippen molar-refractivity contribution in [1.82, 2.24) is 5.32 Å². The lowest BCUT2D eigenvalue weighted by atomic mass is 9.80. The number of ether oxygens (including phenoxy) is 1. The van der Waals surface area contributed by atoms with Crippen LogP contribution in [0.3, 0.4) is 0 Å². The second kappa shape index (κ2) is 5.45. The van der Waals surface area contributed by atoms with E-state index in [4.69, 9.17) is 4.74 Å². The monoisotopic (exact) mass is 337 g/mol. The molecule has 0 radical (unpaired) electrons. The molecule has 6 heteroatoms. The number of carbonyl (C=O) groups is 1. The number of cyclic esters (lactones) is 1. The van der Waals surface area contributed by atoms with E-state index in [1.54, 1.807) is 6.07 Å². The predicted molar refractivity (Wildman–Crippen MR) is 72.4 cm³/mol. The molecule has 1 amide bonds. The molecule has 1 saturated heterocycles. The average Bonchev–Trinajstić information content (AvgIpc) is 2.26. The number of alkyl carbamates (subject to hydrolysis) is 1. The average molecular weight is 339 g/mol. The van der Waals surface area contributed by atoms with Gasteiger partial charge in [0.15, 0.2) is 0 Å². The van der Waals surface area contributed by atoms with Gasteiger partial charge in [0.2, 0.25) is 0 Å². The second-order valence-electron chi connectivity index (χ2n) is 4.81. The van der Waals surface area contributed by atoms with E-state index in [2.05, 4.69) is 21.2 Å². The van der Waals surface area contributed by atoms with Crippen molar-refractivity contribution in [2.24, 2.45) is 5.41 Å². The summed E-state index contributed by atoms with van der Waals surface area (Å²) in [5.41, 5.74) is 0.441. The van der Waals surface area contributed by atoms with Gasteiger partial charge in [0.25, 0.3) is 0 Å². The molecule has 0 saturated carbocycles. The summed E-state index contributed by atoms with van der Waals surface area (Å²) >= 11 is 3.38. The highest BCUT2D eigenvalue weighted by molar-refractivity contribution is 9.10. The van der Waals surface area contributed by atoms with Crippen LogP contribution in [0.1, 0.15) is 25.5 Å². The maximum Gasteiger partial charge on any atom is 0.407 e. The van der Waals surface area contributed by atoms with Crippen LogP contribution < -0.4 is 5.32 Å². The number of benzene rings is 1. The molecule has 18 heavy (non-hydrogen) atoms. The van der Waals surface area contributed by atoms with Crippen LogP contribution in [-0.4, -0.2) is 12.7 Å². The topological polar surface area (TPSA) is 38.3 Å². The van der Waals surface area contributed by atoms with E-state index in [-0.39, 0.29) is 29.7 Å². The molecule has 3 nitrogen and oxygen atoms in total. The molecule has 1 atom stereocenters. The highest BCUT2D eigenvalue weighted by Gasteiger charge is 2.38. The molecule has 1 N–H and O–H groups in total. The minimum atomic E-state index is -0.467. The van der Waals surface area contributed by atoms with Gasteiger partial charge in [-0.2, -0.15) is 0 Å². The number of amides is 1. The third kappa shape index (κ3) is 2.95. The number of halogens is 3. The Morgan fingerprint density at radius 3 is 2.83 bits per heavy atom. The maximum atomic E-state index is 13.3. The predicted octanol–water partition coefficient (Wildman–Crippen LogP) is 3.82. The highest BCUT2D eigenvalue weighted by atomic mass is 79.9. The van der Waals surface area contributed by atoms with Crippen LogP contribution in [0.5, 0.6) is 0 Å². The zero-order valence-corrected chi connectivity index (χ0v) is 12.4. The first-order chi connectivity index (χ1) is 7.90. The summed E-state index contributed by atoms with van der Waals surface area (Å²) in [7, 11) is 0. The van der Waals surface area contributed by atoms with E-state index in [0.717, 1.165) is 10.0 Å². The molecular formula is C12H14BrClFNO2. The van der Waals surface area contributed by atoms with Gasteiger partial charge in [-0.3, -0.25) is 0 Å². The number of carbonyl (C=O) groups excluding carboxylic acids is 1. The van der Waals surface area contributed by atoms with E-state index in [1.165, 1.54) is 12.1 Å². The van der Waals surface area contributed by atoms with E-state index >= 15 is 0 Å². The van der Waals surface area contributed by atoms with E-state index < -0.39 is 6.09 Å². The number of hydrogen-bond donors (Lipinski definition) is 1. The lowest BCUT2D eigenvalue weighted by Crippen LogP contribution is -2.47. The molecule has 1 fully saturated rings. The van der Waals surface area contributed by atoms with Crippen molar-refractivity contribution in [3.05, 3.63) is 34.1 Å². The quantitative estimate of drug-likeness (QED) is 0.845. The Labute approximate surface area is 120 Å². The fourth-order valence-corrected chi connectivity index (χ4v) is 2.40. The SMILES string of the molecule is CC1(C)COC(=O)N[C@H]1c1cc(F)ccc1Br.Cl. The molecule has 0 aromatic heterocycles. The summed E-state index contributed by atoms with van der Waals surface area (Å²) in [6, 6.07) is 4.18. The Kier molecular flexibility index (Phi) is 4.61. The van der Waals surface area contributed by atoms with Crippen LogP contribution in [0.4, 0.5) is 9.18 Å². The molecule has 1 aromatic carbocycles. The first-order valence-electron chi connectivity index (χ1n) is 5.28. The van der Waals surface area contributed by atoms with Crippen LogP contribution >= 0.6 is 28.3 Å². The van der Waals surface area contributed by atoms with Gasteiger partial charge in [-0.25, -0.2) is 9.18 Å². The Balaban J connectivity index is 0.00000162. The third-order valence-corrected chi connectivity index (χ3v) is 3.61. The van der Waals surface area contributed by atoms with Crippen molar-refractivity contribution in [1.29, 1.82) is 0 Å².